The lowest BCUT2D eigenvalue weighted by Crippen LogP contribution is -1.94. The van der Waals surface area contributed by atoms with E-state index < -0.39 is 0 Å². The van der Waals surface area contributed by atoms with Crippen LogP contribution in [0.25, 0.3) is 6.08 Å². The number of carbonyl (C=O) groups is 1. The van der Waals surface area contributed by atoms with Gasteiger partial charge in [-0.3, -0.25) is 0 Å². The summed E-state index contributed by atoms with van der Waals surface area (Å²) in [5.41, 5.74) is 1.47. The van der Waals surface area contributed by atoms with Crippen molar-refractivity contribution >= 4 is 12.0 Å². The van der Waals surface area contributed by atoms with Crippen molar-refractivity contribution in [2.75, 3.05) is 6.61 Å². The van der Waals surface area contributed by atoms with Crippen LogP contribution >= 0.6 is 0 Å². The second kappa shape index (κ2) is 3.62. The Kier molecular flexibility index (Phi) is 2.31. The van der Waals surface area contributed by atoms with Gasteiger partial charge >= 0.3 is 5.97 Å². The van der Waals surface area contributed by atoms with E-state index in [0.717, 1.165) is 5.56 Å². The predicted octanol–water partition coefficient (Wildman–Crippen LogP) is 2.16. The molecule has 0 radical (unpaired) electrons. The summed E-state index contributed by atoms with van der Waals surface area (Å²) in [5, 5.41) is 0. The average molecular weight is 192 g/mol. The van der Waals surface area contributed by atoms with Crippen LogP contribution < -0.4 is 0 Å². The second-order valence-corrected chi connectivity index (χ2v) is 3.11. The molecule has 0 aromatic heterocycles. The molecule has 0 N–H and O–H groups in total. The number of hydrogen-bond acceptors (Lipinski definition) is 2. The number of cyclic esters (lactones) is 1. The van der Waals surface area contributed by atoms with Gasteiger partial charge in [0.1, 0.15) is 5.82 Å². The molecule has 0 saturated carbocycles. The van der Waals surface area contributed by atoms with Crippen LogP contribution in [-0.4, -0.2) is 12.6 Å². The van der Waals surface area contributed by atoms with Crippen LogP contribution in [0, 0.1) is 5.82 Å². The summed E-state index contributed by atoms with van der Waals surface area (Å²) < 4.78 is 17.3. The fraction of sp³-hybridized carbons (Fsp3) is 0.182. The lowest BCUT2D eigenvalue weighted by atomic mass is 10.1. The van der Waals surface area contributed by atoms with Gasteiger partial charge in [-0.05, 0) is 23.8 Å². The van der Waals surface area contributed by atoms with Crippen LogP contribution in [0.3, 0.4) is 0 Å². The summed E-state index contributed by atoms with van der Waals surface area (Å²) in [7, 11) is 0. The molecule has 1 heterocycles. The van der Waals surface area contributed by atoms with Crippen LogP contribution in [0.5, 0.6) is 0 Å². The fourth-order valence-electron chi connectivity index (χ4n) is 1.34. The third-order valence-electron chi connectivity index (χ3n) is 2.08. The molecule has 0 aliphatic carbocycles. The first-order valence-corrected chi connectivity index (χ1v) is 4.39. The van der Waals surface area contributed by atoms with E-state index in [1.54, 1.807) is 18.2 Å². The highest BCUT2D eigenvalue weighted by Crippen LogP contribution is 2.17. The number of hydrogen-bond donors (Lipinski definition) is 0. The molecule has 72 valence electrons. The lowest BCUT2D eigenvalue weighted by Gasteiger charge is -1.94. The Bertz CT molecular complexity index is 379. The highest BCUT2D eigenvalue weighted by molar-refractivity contribution is 5.95. The van der Waals surface area contributed by atoms with Gasteiger partial charge in [0.05, 0.1) is 6.61 Å². The van der Waals surface area contributed by atoms with Crippen molar-refractivity contribution < 1.29 is 13.9 Å². The van der Waals surface area contributed by atoms with Crippen LogP contribution in [0.1, 0.15) is 12.0 Å². The Morgan fingerprint density at radius 3 is 2.57 bits per heavy atom. The van der Waals surface area contributed by atoms with Crippen molar-refractivity contribution in [2.45, 2.75) is 6.42 Å². The van der Waals surface area contributed by atoms with E-state index in [0.29, 0.717) is 18.6 Å². The van der Waals surface area contributed by atoms with Crippen molar-refractivity contribution in [3.63, 3.8) is 0 Å². The number of esters is 1. The molecule has 1 fully saturated rings. The Morgan fingerprint density at radius 1 is 1.29 bits per heavy atom. The quantitative estimate of drug-likeness (QED) is 0.503. The Balaban J connectivity index is 2.24. The molecule has 1 aromatic carbocycles. The standard InChI is InChI=1S/C11H9FO2/c12-10-3-1-8(2-4-10)7-9-5-6-14-11(9)13/h1-4,7H,5-6H2/b9-7-. The highest BCUT2D eigenvalue weighted by Gasteiger charge is 2.17. The summed E-state index contributed by atoms with van der Waals surface area (Å²) in [4.78, 5) is 11.1. The van der Waals surface area contributed by atoms with Crippen molar-refractivity contribution in [2.24, 2.45) is 0 Å². The van der Waals surface area contributed by atoms with Gasteiger partial charge in [0.25, 0.3) is 0 Å². The van der Waals surface area contributed by atoms with E-state index in [9.17, 15) is 9.18 Å². The summed E-state index contributed by atoms with van der Waals surface area (Å²) in [6.07, 6.45) is 2.37. The van der Waals surface area contributed by atoms with Crippen molar-refractivity contribution in [3.05, 3.63) is 41.2 Å². The average Bonchev–Trinajstić information content (AvgIpc) is 2.56. The number of halogens is 1. The van der Waals surface area contributed by atoms with Crippen molar-refractivity contribution in [1.82, 2.24) is 0 Å². The van der Waals surface area contributed by atoms with Crippen LogP contribution in [0.15, 0.2) is 29.8 Å². The molecule has 3 heteroatoms. The molecule has 0 unspecified atom stereocenters. The molecular formula is C11H9FO2. The largest absolute Gasteiger partial charge is 0.462 e. The van der Waals surface area contributed by atoms with Crippen molar-refractivity contribution in [3.8, 4) is 0 Å². The highest BCUT2D eigenvalue weighted by atomic mass is 19.1. The van der Waals surface area contributed by atoms with Gasteiger partial charge in [-0.2, -0.15) is 0 Å². The first kappa shape index (κ1) is 8.94. The van der Waals surface area contributed by atoms with Gasteiger partial charge in [0.15, 0.2) is 0 Å². The van der Waals surface area contributed by atoms with Crippen molar-refractivity contribution in [1.29, 1.82) is 0 Å². The Morgan fingerprint density at radius 2 is 2.00 bits per heavy atom. The van der Waals surface area contributed by atoms with Crippen LogP contribution in [0.4, 0.5) is 4.39 Å². The van der Waals surface area contributed by atoms with Gasteiger partial charge in [-0.15, -0.1) is 0 Å². The molecule has 0 spiro atoms. The molecule has 1 aliphatic heterocycles. The smallest absolute Gasteiger partial charge is 0.334 e. The molecule has 14 heavy (non-hydrogen) atoms. The summed E-state index contributed by atoms with van der Waals surface area (Å²) in [6.45, 7) is 0.450. The first-order chi connectivity index (χ1) is 6.75. The number of carbonyl (C=O) groups excluding carboxylic acids is 1. The van der Waals surface area contributed by atoms with Crippen LogP contribution in [0.2, 0.25) is 0 Å². The Hall–Kier alpha value is -1.64. The number of ether oxygens (including phenoxy) is 1. The topological polar surface area (TPSA) is 26.3 Å². The molecule has 2 rings (SSSR count). The third-order valence-corrected chi connectivity index (χ3v) is 2.08. The van der Waals surface area contributed by atoms with E-state index in [2.05, 4.69) is 0 Å². The molecular weight excluding hydrogens is 183 g/mol. The maximum atomic E-state index is 12.6. The minimum atomic E-state index is -0.277. The normalized spacial score (nSPS) is 18.6. The van der Waals surface area contributed by atoms with E-state index in [1.165, 1.54) is 12.1 Å². The number of rotatable bonds is 1. The van der Waals surface area contributed by atoms with E-state index in [4.69, 9.17) is 4.74 Å². The fourth-order valence-corrected chi connectivity index (χ4v) is 1.34. The van der Waals surface area contributed by atoms with Gasteiger partial charge in [0, 0.05) is 12.0 Å². The summed E-state index contributed by atoms with van der Waals surface area (Å²) in [6, 6.07) is 6.00. The first-order valence-electron chi connectivity index (χ1n) is 4.39. The molecule has 0 atom stereocenters. The molecule has 0 bridgehead atoms. The SMILES string of the molecule is O=C1OCC/C1=C/c1ccc(F)cc1. The zero-order valence-electron chi connectivity index (χ0n) is 7.50. The molecule has 2 nitrogen and oxygen atoms in total. The molecule has 0 amide bonds. The lowest BCUT2D eigenvalue weighted by molar-refractivity contribution is -0.134. The predicted molar refractivity (Wildman–Crippen MR) is 50.0 cm³/mol. The number of benzene rings is 1. The van der Waals surface area contributed by atoms with E-state index >= 15 is 0 Å². The Labute approximate surface area is 81.0 Å². The molecule has 1 aromatic rings. The van der Waals surface area contributed by atoms with E-state index in [-0.39, 0.29) is 11.8 Å². The minimum absolute atomic E-state index is 0.269. The molecule has 1 saturated heterocycles. The molecule has 1 aliphatic rings. The zero-order valence-corrected chi connectivity index (χ0v) is 7.50. The minimum Gasteiger partial charge on any atom is -0.462 e. The summed E-state index contributed by atoms with van der Waals surface area (Å²) in [5.74, 6) is -0.546. The second-order valence-electron chi connectivity index (χ2n) is 3.11. The third kappa shape index (κ3) is 1.82. The van der Waals surface area contributed by atoms with E-state index in [1.807, 2.05) is 0 Å². The zero-order chi connectivity index (χ0) is 9.97. The monoisotopic (exact) mass is 192 g/mol. The van der Waals surface area contributed by atoms with Gasteiger partial charge in [-0.25, -0.2) is 9.18 Å². The van der Waals surface area contributed by atoms with Gasteiger partial charge in [-0.1, -0.05) is 12.1 Å². The summed E-state index contributed by atoms with van der Waals surface area (Å²) >= 11 is 0. The van der Waals surface area contributed by atoms with Crippen LogP contribution in [-0.2, 0) is 9.53 Å². The maximum absolute atomic E-state index is 12.6. The maximum Gasteiger partial charge on any atom is 0.334 e. The van der Waals surface area contributed by atoms with Gasteiger partial charge < -0.3 is 4.74 Å². The van der Waals surface area contributed by atoms with Gasteiger partial charge in [0.2, 0.25) is 0 Å².